The molecule has 0 fully saturated rings. The summed E-state index contributed by atoms with van der Waals surface area (Å²) in [7, 11) is 1.78. The molecule has 7 heteroatoms. The van der Waals surface area contributed by atoms with E-state index in [-0.39, 0.29) is 0 Å². The van der Waals surface area contributed by atoms with Crippen LogP contribution in [0.25, 0.3) is 0 Å². The molecule has 2 rings (SSSR count). The first kappa shape index (κ1) is 18.0. The normalized spacial score (nSPS) is 13.1. The van der Waals surface area contributed by atoms with Crippen molar-refractivity contribution < 1.29 is 4.52 Å². The van der Waals surface area contributed by atoms with Crippen LogP contribution in [0.2, 0.25) is 0 Å². The predicted molar refractivity (Wildman–Crippen MR) is 94.9 cm³/mol. The molecule has 1 atom stereocenters. The Morgan fingerprint density at radius 2 is 2.17 bits per heavy atom. The molecule has 0 amide bonds. The molecule has 0 saturated heterocycles. The summed E-state index contributed by atoms with van der Waals surface area (Å²) in [6.07, 6.45) is 5.49. The Labute approximate surface area is 143 Å². The van der Waals surface area contributed by atoms with Crippen molar-refractivity contribution in [3.05, 3.63) is 35.5 Å². The van der Waals surface area contributed by atoms with E-state index in [1.165, 1.54) is 0 Å². The Kier molecular flexibility index (Phi) is 6.84. The number of aromatic nitrogens is 3. The Morgan fingerprint density at radius 1 is 1.33 bits per heavy atom. The second-order valence-corrected chi connectivity index (χ2v) is 5.88. The average Bonchev–Trinajstić information content (AvgIpc) is 3.23. The van der Waals surface area contributed by atoms with E-state index in [1.807, 2.05) is 16.9 Å². The molecular weight excluding hydrogens is 304 g/mol. The monoisotopic (exact) mass is 332 g/mol. The second kappa shape index (κ2) is 9.10. The largest absolute Gasteiger partial charge is 0.361 e. The van der Waals surface area contributed by atoms with Gasteiger partial charge in [-0.05, 0) is 18.4 Å². The molecule has 0 aliphatic heterocycles. The van der Waals surface area contributed by atoms with E-state index in [2.05, 4.69) is 46.7 Å². The van der Waals surface area contributed by atoms with Crippen molar-refractivity contribution in [3.63, 3.8) is 0 Å². The third-order valence-electron chi connectivity index (χ3n) is 3.94. The minimum atomic E-state index is 0.441. The highest BCUT2D eigenvalue weighted by Crippen LogP contribution is 2.15. The van der Waals surface area contributed by atoms with Gasteiger partial charge in [-0.2, -0.15) is 5.10 Å². The molecule has 2 aromatic rings. The summed E-state index contributed by atoms with van der Waals surface area (Å²) < 4.78 is 7.34. The van der Waals surface area contributed by atoms with E-state index in [4.69, 9.17) is 4.52 Å². The van der Waals surface area contributed by atoms with Crippen LogP contribution in [0.15, 0.2) is 28.0 Å². The summed E-state index contributed by atoms with van der Waals surface area (Å²) in [6.45, 7) is 8.72. The molecular formula is C17H28N6O. The summed E-state index contributed by atoms with van der Waals surface area (Å²) in [5, 5.41) is 15.1. The molecule has 0 aromatic carbocycles. The lowest BCUT2D eigenvalue weighted by Crippen LogP contribution is -2.39. The molecule has 0 radical (unpaired) electrons. The Balaban J connectivity index is 1.83. The van der Waals surface area contributed by atoms with Crippen LogP contribution in [0.1, 0.15) is 37.8 Å². The van der Waals surface area contributed by atoms with Gasteiger partial charge in [-0.25, -0.2) is 0 Å². The zero-order valence-electron chi connectivity index (χ0n) is 15.0. The van der Waals surface area contributed by atoms with Crippen molar-refractivity contribution in [1.82, 2.24) is 25.6 Å². The fourth-order valence-corrected chi connectivity index (χ4v) is 2.59. The van der Waals surface area contributed by atoms with Crippen LogP contribution in [-0.2, 0) is 25.9 Å². The van der Waals surface area contributed by atoms with E-state index in [0.717, 1.165) is 48.9 Å². The van der Waals surface area contributed by atoms with Gasteiger partial charge in [0.15, 0.2) is 5.96 Å². The number of hydrogen-bond acceptors (Lipinski definition) is 4. The van der Waals surface area contributed by atoms with Crippen LogP contribution >= 0.6 is 0 Å². The molecule has 132 valence electrons. The number of nitrogens with one attached hydrogen (secondary N) is 2. The first-order chi connectivity index (χ1) is 11.7. The predicted octanol–water partition coefficient (Wildman–Crippen LogP) is 2.00. The van der Waals surface area contributed by atoms with Gasteiger partial charge < -0.3 is 15.2 Å². The number of guanidine groups is 1. The standard InChI is InChI=1S/C17H28N6O/c1-5-15-14(16(6-2)24-22-15)11-20-17(18-4)19-10-13(3)12-23-9-7-8-21-23/h7-9,13H,5-6,10-12H2,1-4H3,(H2,18,19,20). The summed E-state index contributed by atoms with van der Waals surface area (Å²) in [5.74, 6) is 2.17. The van der Waals surface area contributed by atoms with Crippen LogP contribution in [0.4, 0.5) is 0 Å². The van der Waals surface area contributed by atoms with E-state index in [9.17, 15) is 0 Å². The topological polar surface area (TPSA) is 80.3 Å². The molecule has 0 aliphatic rings. The lowest BCUT2D eigenvalue weighted by molar-refractivity contribution is 0.380. The molecule has 24 heavy (non-hydrogen) atoms. The summed E-state index contributed by atoms with van der Waals surface area (Å²) in [4.78, 5) is 4.29. The van der Waals surface area contributed by atoms with Gasteiger partial charge >= 0.3 is 0 Å². The minimum Gasteiger partial charge on any atom is -0.361 e. The SMILES string of the molecule is CCc1noc(CC)c1CNC(=NC)NCC(C)Cn1cccn1. The minimum absolute atomic E-state index is 0.441. The van der Waals surface area contributed by atoms with Gasteiger partial charge in [-0.1, -0.05) is 25.9 Å². The highest BCUT2D eigenvalue weighted by atomic mass is 16.5. The van der Waals surface area contributed by atoms with Crippen LogP contribution in [0.5, 0.6) is 0 Å². The summed E-state index contributed by atoms with van der Waals surface area (Å²) in [5.41, 5.74) is 2.16. The quantitative estimate of drug-likeness (QED) is 0.571. The van der Waals surface area contributed by atoms with Gasteiger partial charge in [0.1, 0.15) is 5.76 Å². The maximum absolute atomic E-state index is 5.40. The molecule has 0 spiro atoms. The van der Waals surface area contributed by atoms with E-state index < -0.39 is 0 Å². The zero-order valence-corrected chi connectivity index (χ0v) is 15.0. The molecule has 0 aliphatic carbocycles. The molecule has 2 N–H and O–H groups in total. The van der Waals surface area contributed by atoms with Crippen molar-refractivity contribution in [2.75, 3.05) is 13.6 Å². The fraction of sp³-hybridized carbons (Fsp3) is 0.588. The van der Waals surface area contributed by atoms with Crippen molar-refractivity contribution >= 4 is 5.96 Å². The van der Waals surface area contributed by atoms with Crippen molar-refractivity contribution in [2.45, 2.75) is 46.7 Å². The fourth-order valence-electron chi connectivity index (χ4n) is 2.59. The number of rotatable bonds is 8. The van der Waals surface area contributed by atoms with Gasteiger partial charge in [0.2, 0.25) is 0 Å². The molecule has 2 aromatic heterocycles. The number of aryl methyl sites for hydroxylation is 2. The lowest BCUT2D eigenvalue weighted by Gasteiger charge is -2.16. The molecule has 0 saturated carbocycles. The van der Waals surface area contributed by atoms with Crippen LogP contribution in [0, 0.1) is 5.92 Å². The third kappa shape index (κ3) is 4.84. The summed E-state index contributed by atoms with van der Waals surface area (Å²) >= 11 is 0. The average molecular weight is 332 g/mol. The van der Waals surface area contributed by atoms with Gasteiger partial charge in [0, 0.05) is 51.1 Å². The molecule has 7 nitrogen and oxygen atoms in total. The highest BCUT2D eigenvalue weighted by molar-refractivity contribution is 5.79. The highest BCUT2D eigenvalue weighted by Gasteiger charge is 2.13. The zero-order chi connectivity index (χ0) is 17.4. The lowest BCUT2D eigenvalue weighted by atomic mass is 10.1. The molecule has 0 bridgehead atoms. The third-order valence-corrected chi connectivity index (χ3v) is 3.94. The van der Waals surface area contributed by atoms with Crippen molar-refractivity contribution in [1.29, 1.82) is 0 Å². The van der Waals surface area contributed by atoms with E-state index >= 15 is 0 Å². The van der Waals surface area contributed by atoms with Crippen molar-refractivity contribution in [2.24, 2.45) is 10.9 Å². The number of nitrogens with zero attached hydrogens (tertiary/aromatic N) is 4. The van der Waals surface area contributed by atoms with Gasteiger partial charge in [0.05, 0.1) is 5.69 Å². The van der Waals surface area contributed by atoms with Crippen LogP contribution < -0.4 is 10.6 Å². The Hall–Kier alpha value is -2.31. The first-order valence-electron chi connectivity index (χ1n) is 8.56. The number of aliphatic imine (C=N–C) groups is 1. The Bertz CT molecular complexity index is 610. The van der Waals surface area contributed by atoms with E-state index in [0.29, 0.717) is 12.5 Å². The second-order valence-electron chi connectivity index (χ2n) is 5.88. The maximum atomic E-state index is 5.40. The van der Waals surface area contributed by atoms with Gasteiger partial charge in [-0.3, -0.25) is 9.67 Å². The Morgan fingerprint density at radius 3 is 2.79 bits per heavy atom. The first-order valence-corrected chi connectivity index (χ1v) is 8.56. The smallest absolute Gasteiger partial charge is 0.191 e. The van der Waals surface area contributed by atoms with E-state index in [1.54, 1.807) is 13.2 Å². The van der Waals surface area contributed by atoms with Gasteiger partial charge in [-0.15, -0.1) is 0 Å². The summed E-state index contributed by atoms with van der Waals surface area (Å²) in [6, 6.07) is 1.94. The van der Waals surface area contributed by atoms with Crippen LogP contribution in [-0.4, -0.2) is 34.5 Å². The number of hydrogen-bond donors (Lipinski definition) is 2. The molecule has 2 heterocycles. The van der Waals surface area contributed by atoms with Crippen molar-refractivity contribution in [3.8, 4) is 0 Å². The molecule has 1 unspecified atom stereocenters. The maximum Gasteiger partial charge on any atom is 0.191 e. The van der Waals surface area contributed by atoms with Gasteiger partial charge in [0.25, 0.3) is 0 Å². The van der Waals surface area contributed by atoms with Crippen LogP contribution in [0.3, 0.4) is 0 Å².